The molecule has 1 aromatic heterocycles. The highest BCUT2D eigenvalue weighted by Gasteiger charge is 2.12. The number of hydrogen-bond donors (Lipinski definition) is 2. The standard InChI is InChI=1S/C9H19N5S/c1-4-13(5-2)6-7(3)14-8(10)11-12-9(14)15/h7H,4-6H2,1-3H3,(H2,10,11)(H,12,15). The smallest absolute Gasteiger partial charge is 0.220 e. The molecule has 0 saturated carbocycles. The molecule has 86 valence electrons. The summed E-state index contributed by atoms with van der Waals surface area (Å²) in [6.07, 6.45) is 0. The molecule has 0 aliphatic carbocycles. The zero-order chi connectivity index (χ0) is 11.4. The van der Waals surface area contributed by atoms with Gasteiger partial charge in [-0.25, -0.2) is 5.10 Å². The van der Waals surface area contributed by atoms with E-state index in [1.807, 2.05) is 4.57 Å². The number of nitrogens with one attached hydrogen (secondary N) is 1. The number of anilines is 1. The van der Waals surface area contributed by atoms with Gasteiger partial charge in [-0.15, -0.1) is 5.10 Å². The van der Waals surface area contributed by atoms with Crippen molar-refractivity contribution in [2.75, 3.05) is 25.4 Å². The second-order valence-corrected chi connectivity index (χ2v) is 3.98. The highest BCUT2D eigenvalue weighted by Crippen LogP contribution is 2.12. The molecule has 1 atom stereocenters. The largest absolute Gasteiger partial charge is 0.368 e. The quantitative estimate of drug-likeness (QED) is 0.750. The van der Waals surface area contributed by atoms with Crippen molar-refractivity contribution in [1.29, 1.82) is 0 Å². The van der Waals surface area contributed by atoms with Crippen LogP contribution in [0.5, 0.6) is 0 Å². The van der Waals surface area contributed by atoms with E-state index in [4.69, 9.17) is 18.0 Å². The summed E-state index contributed by atoms with van der Waals surface area (Å²) in [4.78, 5) is 2.33. The van der Waals surface area contributed by atoms with Gasteiger partial charge in [-0.05, 0) is 32.2 Å². The predicted octanol–water partition coefficient (Wildman–Crippen LogP) is 1.43. The van der Waals surface area contributed by atoms with Crippen LogP contribution in [0.3, 0.4) is 0 Å². The fraction of sp³-hybridized carbons (Fsp3) is 0.778. The Bertz CT molecular complexity index is 352. The molecule has 0 bridgehead atoms. The Morgan fingerprint density at radius 3 is 2.53 bits per heavy atom. The molecule has 1 unspecified atom stereocenters. The number of aromatic amines is 1. The molecular weight excluding hydrogens is 210 g/mol. The molecular formula is C9H19N5S. The monoisotopic (exact) mass is 229 g/mol. The van der Waals surface area contributed by atoms with Crippen LogP contribution in [0, 0.1) is 4.77 Å². The van der Waals surface area contributed by atoms with Crippen LogP contribution in [0.1, 0.15) is 26.8 Å². The van der Waals surface area contributed by atoms with E-state index in [0.29, 0.717) is 10.7 Å². The lowest BCUT2D eigenvalue weighted by Gasteiger charge is -2.23. The van der Waals surface area contributed by atoms with E-state index in [2.05, 4.69) is 35.9 Å². The van der Waals surface area contributed by atoms with Gasteiger partial charge in [0.2, 0.25) is 5.95 Å². The number of nitrogens with two attached hydrogens (primary N) is 1. The fourth-order valence-electron chi connectivity index (χ4n) is 1.68. The number of hydrogen-bond acceptors (Lipinski definition) is 4. The first-order chi connectivity index (χ1) is 7.10. The summed E-state index contributed by atoms with van der Waals surface area (Å²) in [5.41, 5.74) is 5.74. The van der Waals surface area contributed by atoms with E-state index >= 15 is 0 Å². The lowest BCUT2D eigenvalue weighted by molar-refractivity contribution is 0.261. The molecule has 0 spiro atoms. The molecule has 5 nitrogen and oxygen atoms in total. The fourth-order valence-corrected chi connectivity index (χ4v) is 2.00. The molecule has 15 heavy (non-hydrogen) atoms. The van der Waals surface area contributed by atoms with Gasteiger partial charge < -0.3 is 10.6 Å². The second-order valence-electron chi connectivity index (χ2n) is 3.59. The molecule has 0 saturated heterocycles. The number of H-pyrrole nitrogens is 1. The first-order valence-corrected chi connectivity index (χ1v) is 5.65. The summed E-state index contributed by atoms with van der Waals surface area (Å²) in [7, 11) is 0. The summed E-state index contributed by atoms with van der Waals surface area (Å²) in [6, 6.07) is 0.246. The van der Waals surface area contributed by atoms with Crippen LogP contribution in [0.15, 0.2) is 0 Å². The van der Waals surface area contributed by atoms with Crippen LogP contribution in [0.2, 0.25) is 0 Å². The third-order valence-electron chi connectivity index (χ3n) is 2.59. The molecule has 6 heteroatoms. The maximum atomic E-state index is 5.74. The van der Waals surface area contributed by atoms with Gasteiger partial charge in [0.05, 0.1) is 0 Å². The minimum absolute atomic E-state index is 0.246. The van der Waals surface area contributed by atoms with Crippen LogP contribution in [0.4, 0.5) is 5.95 Å². The van der Waals surface area contributed by atoms with Crippen LogP contribution >= 0.6 is 12.2 Å². The summed E-state index contributed by atoms with van der Waals surface area (Å²) in [6.45, 7) is 9.39. The van der Waals surface area contributed by atoms with E-state index in [-0.39, 0.29) is 6.04 Å². The van der Waals surface area contributed by atoms with Crippen molar-refractivity contribution in [3.63, 3.8) is 0 Å². The number of aromatic nitrogens is 3. The maximum absolute atomic E-state index is 5.74. The maximum Gasteiger partial charge on any atom is 0.220 e. The zero-order valence-corrected chi connectivity index (χ0v) is 10.3. The van der Waals surface area contributed by atoms with Crippen LogP contribution in [-0.4, -0.2) is 39.3 Å². The molecule has 0 aromatic carbocycles. The van der Waals surface area contributed by atoms with E-state index in [1.165, 1.54) is 0 Å². The first kappa shape index (κ1) is 12.2. The molecule has 0 aliphatic heterocycles. The lowest BCUT2D eigenvalue weighted by atomic mass is 10.3. The Morgan fingerprint density at radius 1 is 1.53 bits per heavy atom. The zero-order valence-electron chi connectivity index (χ0n) is 9.53. The van der Waals surface area contributed by atoms with Crippen LogP contribution < -0.4 is 5.73 Å². The number of nitrogen functional groups attached to an aromatic ring is 1. The van der Waals surface area contributed by atoms with E-state index in [1.54, 1.807) is 0 Å². The summed E-state index contributed by atoms with van der Waals surface area (Å²) >= 11 is 5.12. The summed E-state index contributed by atoms with van der Waals surface area (Å²) < 4.78 is 2.44. The van der Waals surface area contributed by atoms with Gasteiger partial charge in [0.15, 0.2) is 4.77 Å². The lowest BCUT2D eigenvalue weighted by Crippen LogP contribution is -2.30. The molecule has 1 rings (SSSR count). The Morgan fingerprint density at radius 2 is 2.13 bits per heavy atom. The Labute approximate surface area is 95.3 Å². The van der Waals surface area contributed by atoms with Crippen molar-refractivity contribution in [3.8, 4) is 0 Å². The third-order valence-corrected chi connectivity index (χ3v) is 2.88. The van der Waals surface area contributed by atoms with Crippen LogP contribution in [0.25, 0.3) is 0 Å². The Hall–Kier alpha value is -0.880. The predicted molar refractivity (Wildman–Crippen MR) is 64.3 cm³/mol. The van der Waals surface area contributed by atoms with Crippen molar-refractivity contribution in [2.45, 2.75) is 26.8 Å². The van der Waals surface area contributed by atoms with E-state index in [9.17, 15) is 0 Å². The highest BCUT2D eigenvalue weighted by molar-refractivity contribution is 7.71. The number of likely N-dealkylation sites (N-methyl/N-ethyl adjacent to an activating group) is 1. The average Bonchev–Trinajstić information content (AvgIpc) is 2.55. The normalized spacial score (nSPS) is 13.3. The van der Waals surface area contributed by atoms with E-state index in [0.717, 1.165) is 19.6 Å². The molecule has 0 radical (unpaired) electrons. The molecule has 0 aliphatic rings. The van der Waals surface area contributed by atoms with Gasteiger partial charge in [-0.1, -0.05) is 13.8 Å². The van der Waals surface area contributed by atoms with Gasteiger partial charge in [0, 0.05) is 12.6 Å². The van der Waals surface area contributed by atoms with Crippen molar-refractivity contribution in [1.82, 2.24) is 19.7 Å². The first-order valence-electron chi connectivity index (χ1n) is 5.24. The molecule has 1 aromatic rings. The van der Waals surface area contributed by atoms with Gasteiger partial charge >= 0.3 is 0 Å². The third kappa shape index (κ3) is 2.79. The van der Waals surface area contributed by atoms with E-state index < -0.39 is 0 Å². The van der Waals surface area contributed by atoms with Gasteiger partial charge in [-0.2, -0.15) is 0 Å². The topological polar surface area (TPSA) is 62.9 Å². The van der Waals surface area contributed by atoms with Gasteiger partial charge in [0.25, 0.3) is 0 Å². The van der Waals surface area contributed by atoms with Crippen molar-refractivity contribution < 1.29 is 0 Å². The Balaban J connectivity index is 2.76. The minimum atomic E-state index is 0.246. The molecule has 0 amide bonds. The van der Waals surface area contributed by atoms with Crippen molar-refractivity contribution >= 4 is 18.2 Å². The second kappa shape index (κ2) is 5.27. The summed E-state index contributed by atoms with van der Waals surface area (Å²) in [5, 5.41) is 6.60. The number of nitrogens with zero attached hydrogens (tertiary/aromatic N) is 3. The highest BCUT2D eigenvalue weighted by atomic mass is 32.1. The SMILES string of the molecule is CCN(CC)CC(C)n1c(N)n[nH]c1=S. The molecule has 0 fully saturated rings. The van der Waals surface area contributed by atoms with Crippen molar-refractivity contribution in [2.24, 2.45) is 0 Å². The summed E-state index contributed by atoms with van der Waals surface area (Å²) in [5.74, 6) is 0.458. The number of rotatable bonds is 5. The Kier molecular flexibility index (Phi) is 4.28. The molecule has 3 N–H and O–H groups in total. The average molecular weight is 229 g/mol. The van der Waals surface area contributed by atoms with Gasteiger partial charge in [0.1, 0.15) is 0 Å². The minimum Gasteiger partial charge on any atom is -0.368 e. The molecule has 1 heterocycles. The van der Waals surface area contributed by atoms with Gasteiger partial charge in [-0.3, -0.25) is 4.57 Å². The van der Waals surface area contributed by atoms with Crippen LogP contribution in [-0.2, 0) is 0 Å². The van der Waals surface area contributed by atoms with Crippen molar-refractivity contribution in [3.05, 3.63) is 4.77 Å².